The van der Waals surface area contributed by atoms with Gasteiger partial charge in [0.05, 0.1) is 10.7 Å². The van der Waals surface area contributed by atoms with Crippen molar-refractivity contribution in [2.24, 2.45) is 5.92 Å². The number of nitro groups is 1. The summed E-state index contributed by atoms with van der Waals surface area (Å²) in [4.78, 5) is 37.4. The van der Waals surface area contributed by atoms with Gasteiger partial charge in [0.15, 0.2) is 5.82 Å². The summed E-state index contributed by atoms with van der Waals surface area (Å²) in [5, 5.41) is 17.2. The highest BCUT2D eigenvalue weighted by Gasteiger charge is 2.27. The topological polar surface area (TPSA) is 119 Å². The zero-order valence-corrected chi connectivity index (χ0v) is 16.1. The van der Waals surface area contributed by atoms with Crippen LogP contribution in [0.5, 0.6) is 0 Å². The number of anilines is 1. The van der Waals surface area contributed by atoms with E-state index in [0.717, 1.165) is 4.90 Å². The molecule has 148 valence electrons. The fourth-order valence-corrected chi connectivity index (χ4v) is 3.75. The molecule has 2 heterocycles. The summed E-state index contributed by atoms with van der Waals surface area (Å²) in [5.74, 6) is 1.01. The number of thioether (sulfide) groups is 1. The Kier molecular flexibility index (Phi) is 6.30. The van der Waals surface area contributed by atoms with Gasteiger partial charge in [-0.25, -0.2) is 0 Å². The molecular formula is C18H20N4O5S. The molecule has 2 amide bonds. The second kappa shape index (κ2) is 8.87. The second-order valence-electron chi connectivity index (χ2n) is 6.51. The Bertz CT molecular complexity index is 859. The number of nitro benzene ring substituents is 1. The number of aromatic nitrogens is 1. The number of carbonyl (C=O) groups excluding carboxylic acids is 2. The zero-order chi connectivity index (χ0) is 20.1. The monoisotopic (exact) mass is 404 g/mol. The van der Waals surface area contributed by atoms with Gasteiger partial charge in [-0.15, -0.1) is 11.8 Å². The largest absolute Gasteiger partial charge is 0.360 e. The minimum absolute atomic E-state index is 0.00524. The van der Waals surface area contributed by atoms with Gasteiger partial charge in [-0.2, -0.15) is 0 Å². The number of hydrogen-bond acceptors (Lipinski definition) is 7. The molecule has 1 aliphatic rings. The minimum Gasteiger partial charge on any atom is -0.360 e. The van der Waals surface area contributed by atoms with Crippen LogP contribution in [0.4, 0.5) is 11.5 Å². The summed E-state index contributed by atoms with van der Waals surface area (Å²) < 4.78 is 4.93. The van der Waals surface area contributed by atoms with Gasteiger partial charge in [0, 0.05) is 42.1 Å². The Morgan fingerprint density at radius 2 is 2.00 bits per heavy atom. The van der Waals surface area contributed by atoms with E-state index in [9.17, 15) is 19.7 Å². The number of hydrogen-bond donors (Lipinski definition) is 1. The average Bonchev–Trinajstić information content (AvgIpc) is 3.11. The minimum atomic E-state index is -0.455. The van der Waals surface area contributed by atoms with Crippen LogP contribution >= 0.6 is 11.8 Å². The first-order valence-electron chi connectivity index (χ1n) is 8.81. The highest BCUT2D eigenvalue weighted by molar-refractivity contribution is 8.00. The summed E-state index contributed by atoms with van der Waals surface area (Å²) in [6.07, 6.45) is 1.19. The number of rotatable bonds is 6. The molecule has 1 saturated heterocycles. The number of non-ortho nitro benzene ring substituents is 1. The van der Waals surface area contributed by atoms with Crippen LogP contribution in [0, 0.1) is 23.0 Å². The van der Waals surface area contributed by atoms with E-state index in [4.69, 9.17) is 4.52 Å². The van der Waals surface area contributed by atoms with E-state index in [1.54, 1.807) is 30.0 Å². The molecule has 0 spiro atoms. The van der Waals surface area contributed by atoms with Gasteiger partial charge in [0.2, 0.25) is 11.8 Å². The van der Waals surface area contributed by atoms with Crippen LogP contribution in [0.25, 0.3) is 0 Å². The molecule has 0 atom stereocenters. The fraction of sp³-hybridized carbons (Fsp3) is 0.389. The first-order chi connectivity index (χ1) is 13.4. The number of nitrogens with zero attached hydrogens (tertiary/aromatic N) is 3. The molecular weight excluding hydrogens is 384 g/mol. The third-order valence-electron chi connectivity index (χ3n) is 4.51. The molecule has 1 aromatic heterocycles. The molecule has 1 aliphatic heterocycles. The lowest BCUT2D eigenvalue weighted by Gasteiger charge is -2.31. The zero-order valence-electron chi connectivity index (χ0n) is 15.3. The van der Waals surface area contributed by atoms with Crippen LogP contribution in [0.15, 0.2) is 39.8 Å². The molecule has 0 bridgehead atoms. The average molecular weight is 404 g/mol. The van der Waals surface area contributed by atoms with Gasteiger partial charge in [0.25, 0.3) is 5.69 Å². The number of benzene rings is 1. The quantitative estimate of drug-likeness (QED) is 0.447. The van der Waals surface area contributed by atoms with Crippen molar-refractivity contribution in [2.75, 3.05) is 24.2 Å². The van der Waals surface area contributed by atoms with Crippen molar-refractivity contribution in [3.63, 3.8) is 0 Å². The Morgan fingerprint density at radius 3 is 2.57 bits per heavy atom. The molecule has 28 heavy (non-hydrogen) atoms. The Balaban J connectivity index is 1.43. The summed E-state index contributed by atoms with van der Waals surface area (Å²) in [6.45, 7) is 2.80. The summed E-state index contributed by atoms with van der Waals surface area (Å²) in [6, 6.07) is 7.78. The van der Waals surface area contributed by atoms with Gasteiger partial charge in [-0.3, -0.25) is 19.7 Å². The van der Waals surface area contributed by atoms with E-state index in [1.165, 1.54) is 23.9 Å². The van der Waals surface area contributed by atoms with E-state index in [1.807, 2.05) is 0 Å². The Hall–Kier alpha value is -2.88. The molecule has 0 saturated carbocycles. The standard InChI is InChI=1S/C18H20N4O5S/c1-12-10-16(20-27-12)19-18(24)13-6-8-21(9-7-13)17(23)11-28-15-4-2-14(3-5-15)22(25)26/h2-5,10,13H,6-9,11H2,1H3,(H,19,20,24). The molecule has 1 N–H and O–H groups in total. The van der Waals surface area contributed by atoms with Crippen LogP contribution in [0.3, 0.4) is 0 Å². The van der Waals surface area contributed by atoms with Crippen molar-refractivity contribution < 1.29 is 19.0 Å². The van der Waals surface area contributed by atoms with Crippen LogP contribution in [-0.4, -0.2) is 45.6 Å². The maximum absolute atomic E-state index is 12.4. The second-order valence-corrected chi connectivity index (χ2v) is 7.56. The number of nitrogens with one attached hydrogen (secondary N) is 1. The van der Waals surface area contributed by atoms with Crippen molar-refractivity contribution in [3.8, 4) is 0 Å². The predicted octanol–water partition coefficient (Wildman–Crippen LogP) is 2.86. The number of amides is 2. The number of aryl methyl sites for hydroxylation is 1. The first kappa shape index (κ1) is 19.9. The van der Waals surface area contributed by atoms with Gasteiger partial charge in [0.1, 0.15) is 5.76 Å². The molecule has 2 aromatic rings. The van der Waals surface area contributed by atoms with Gasteiger partial charge in [-0.1, -0.05) is 5.16 Å². The first-order valence-corrected chi connectivity index (χ1v) is 9.80. The maximum Gasteiger partial charge on any atom is 0.269 e. The van der Waals surface area contributed by atoms with E-state index in [-0.39, 0.29) is 29.2 Å². The van der Waals surface area contributed by atoms with E-state index in [2.05, 4.69) is 10.5 Å². The van der Waals surface area contributed by atoms with E-state index >= 15 is 0 Å². The maximum atomic E-state index is 12.4. The molecule has 0 aliphatic carbocycles. The van der Waals surface area contributed by atoms with Crippen LogP contribution in [0.2, 0.25) is 0 Å². The fourth-order valence-electron chi connectivity index (χ4n) is 2.95. The summed E-state index contributed by atoms with van der Waals surface area (Å²) >= 11 is 1.34. The van der Waals surface area contributed by atoms with Gasteiger partial charge in [-0.05, 0) is 31.9 Å². The smallest absolute Gasteiger partial charge is 0.269 e. The van der Waals surface area contributed by atoms with Crippen molar-refractivity contribution >= 4 is 35.1 Å². The Labute approximate surface area is 165 Å². The SMILES string of the molecule is Cc1cc(NC(=O)C2CCN(C(=O)CSc3ccc([N+](=O)[O-])cc3)CC2)no1. The summed E-state index contributed by atoms with van der Waals surface area (Å²) in [5.41, 5.74) is 0.0248. The third-order valence-corrected chi connectivity index (χ3v) is 5.50. The summed E-state index contributed by atoms with van der Waals surface area (Å²) in [7, 11) is 0. The molecule has 10 heteroatoms. The van der Waals surface area contributed by atoms with Crippen LogP contribution < -0.4 is 5.32 Å². The number of piperidine rings is 1. The molecule has 1 fully saturated rings. The Morgan fingerprint density at radius 1 is 1.32 bits per heavy atom. The van der Waals surface area contributed by atoms with Gasteiger partial charge < -0.3 is 14.7 Å². The molecule has 0 radical (unpaired) electrons. The molecule has 3 rings (SSSR count). The van der Waals surface area contributed by atoms with E-state index < -0.39 is 4.92 Å². The highest BCUT2D eigenvalue weighted by atomic mass is 32.2. The normalized spacial score (nSPS) is 14.7. The van der Waals surface area contributed by atoms with Crippen LogP contribution in [0.1, 0.15) is 18.6 Å². The van der Waals surface area contributed by atoms with Crippen LogP contribution in [-0.2, 0) is 9.59 Å². The predicted molar refractivity (Wildman–Crippen MR) is 103 cm³/mol. The molecule has 1 aromatic carbocycles. The highest BCUT2D eigenvalue weighted by Crippen LogP contribution is 2.24. The van der Waals surface area contributed by atoms with Crippen molar-refractivity contribution in [3.05, 3.63) is 46.2 Å². The van der Waals surface area contributed by atoms with Crippen molar-refractivity contribution in [2.45, 2.75) is 24.7 Å². The van der Waals surface area contributed by atoms with E-state index in [0.29, 0.717) is 37.5 Å². The van der Waals surface area contributed by atoms with Crippen molar-refractivity contribution in [1.82, 2.24) is 10.1 Å². The number of carbonyl (C=O) groups is 2. The van der Waals surface area contributed by atoms with Gasteiger partial charge >= 0.3 is 0 Å². The van der Waals surface area contributed by atoms with Crippen molar-refractivity contribution in [1.29, 1.82) is 0 Å². The lowest BCUT2D eigenvalue weighted by atomic mass is 9.96. The third kappa shape index (κ3) is 5.10. The molecule has 0 unspecified atom stereocenters. The molecule has 9 nitrogen and oxygen atoms in total. The lowest BCUT2D eigenvalue weighted by molar-refractivity contribution is -0.384. The number of likely N-dealkylation sites (tertiary alicyclic amines) is 1. The lowest BCUT2D eigenvalue weighted by Crippen LogP contribution is -2.42.